The molecule has 0 saturated carbocycles. The van der Waals surface area contributed by atoms with Crippen LogP contribution in [0.2, 0.25) is 0 Å². The lowest BCUT2D eigenvalue weighted by atomic mass is 10.1. The van der Waals surface area contributed by atoms with Crippen molar-refractivity contribution in [1.29, 1.82) is 0 Å². The average molecular weight is 255 g/mol. The first kappa shape index (κ1) is 14.6. The Bertz CT molecular complexity index is 365. The third kappa shape index (κ3) is 4.83. The fourth-order valence-corrected chi connectivity index (χ4v) is 1.63. The smallest absolute Gasteiger partial charge is 0.323 e. The van der Waals surface area contributed by atoms with E-state index in [0.717, 1.165) is 12.8 Å². The van der Waals surface area contributed by atoms with Crippen molar-refractivity contribution in [2.75, 3.05) is 13.2 Å². The van der Waals surface area contributed by atoms with Crippen LogP contribution in [0.4, 0.5) is 0 Å². The number of nitrogens with one attached hydrogen (secondary N) is 1. The highest BCUT2D eigenvalue weighted by atomic mass is 16.5. The van der Waals surface area contributed by atoms with E-state index in [9.17, 15) is 4.79 Å². The summed E-state index contributed by atoms with van der Waals surface area (Å²) >= 11 is 0. The Hall–Kier alpha value is -1.43. The largest absolute Gasteiger partial charge is 0.465 e. The average Bonchev–Trinajstić information content (AvgIpc) is 2.74. The second-order valence-corrected chi connectivity index (χ2v) is 4.03. The minimum atomic E-state index is -0.251. The van der Waals surface area contributed by atoms with Gasteiger partial charge in [-0.2, -0.15) is 4.98 Å². The predicted molar refractivity (Wildman–Crippen MR) is 66.1 cm³/mol. The van der Waals surface area contributed by atoms with Gasteiger partial charge in [-0.1, -0.05) is 18.5 Å². The lowest BCUT2D eigenvalue weighted by molar-refractivity contribution is -0.145. The number of esters is 1. The van der Waals surface area contributed by atoms with Gasteiger partial charge in [-0.25, -0.2) is 0 Å². The van der Waals surface area contributed by atoms with Gasteiger partial charge in [0, 0.05) is 13.0 Å². The minimum absolute atomic E-state index is 0.193. The summed E-state index contributed by atoms with van der Waals surface area (Å²) in [6.45, 7) is 6.64. The number of hydrogen-bond acceptors (Lipinski definition) is 6. The molecule has 1 N–H and O–H groups in total. The second kappa shape index (κ2) is 7.81. The van der Waals surface area contributed by atoms with Crippen LogP contribution in [-0.2, 0) is 16.0 Å². The topological polar surface area (TPSA) is 77.3 Å². The summed E-state index contributed by atoms with van der Waals surface area (Å²) in [6, 6.07) is -0.251. The number of ether oxygens (including phenoxy) is 1. The van der Waals surface area contributed by atoms with Crippen molar-refractivity contribution in [2.45, 2.75) is 46.1 Å². The zero-order valence-electron chi connectivity index (χ0n) is 11.2. The molecule has 0 aliphatic carbocycles. The van der Waals surface area contributed by atoms with Crippen molar-refractivity contribution in [1.82, 2.24) is 15.5 Å². The molecule has 1 unspecified atom stereocenters. The molecule has 1 atom stereocenters. The van der Waals surface area contributed by atoms with Crippen LogP contribution in [0.25, 0.3) is 0 Å². The van der Waals surface area contributed by atoms with Gasteiger partial charge in [-0.15, -0.1) is 0 Å². The molecule has 18 heavy (non-hydrogen) atoms. The van der Waals surface area contributed by atoms with Gasteiger partial charge in [-0.05, 0) is 20.3 Å². The van der Waals surface area contributed by atoms with Crippen LogP contribution in [0.5, 0.6) is 0 Å². The summed E-state index contributed by atoms with van der Waals surface area (Å²) < 4.78 is 10.0. The van der Waals surface area contributed by atoms with E-state index in [-0.39, 0.29) is 12.0 Å². The minimum Gasteiger partial charge on any atom is -0.465 e. The molecule has 0 aromatic carbocycles. The van der Waals surface area contributed by atoms with E-state index in [1.54, 1.807) is 6.92 Å². The van der Waals surface area contributed by atoms with Crippen molar-refractivity contribution in [3.05, 3.63) is 11.7 Å². The Morgan fingerprint density at radius 3 is 2.83 bits per heavy atom. The highest BCUT2D eigenvalue weighted by Crippen LogP contribution is 2.01. The van der Waals surface area contributed by atoms with Crippen LogP contribution < -0.4 is 5.32 Å². The number of rotatable bonds is 8. The SMILES string of the molecule is CCCC(NCCc1nc(C)no1)C(=O)OCC. The molecular formula is C12H21N3O3. The van der Waals surface area contributed by atoms with Crippen molar-refractivity contribution in [3.63, 3.8) is 0 Å². The molecule has 6 heteroatoms. The summed E-state index contributed by atoms with van der Waals surface area (Å²) in [5.41, 5.74) is 0. The van der Waals surface area contributed by atoms with Crippen LogP contribution in [-0.4, -0.2) is 35.3 Å². The first-order valence-electron chi connectivity index (χ1n) is 6.36. The van der Waals surface area contributed by atoms with Gasteiger partial charge in [0.05, 0.1) is 6.61 Å². The third-order valence-electron chi connectivity index (χ3n) is 2.45. The summed E-state index contributed by atoms with van der Waals surface area (Å²) in [5, 5.41) is 6.87. The van der Waals surface area contributed by atoms with E-state index < -0.39 is 0 Å². The zero-order valence-corrected chi connectivity index (χ0v) is 11.2. The van der Waals surface area contributed by atoms with Gasteiger partial charge in [0.1, 0.15) is 6.04 Å². The van der Waals surface area contributed by atoms with E-state index in [1.807, 2.05) is 13.8 Å². The van der Waals surface area contributed by atoms with Crippen LogP contribution in [0.15, 0.2) is 4.52 Å². The molecule has 6 nitrogen and oxygen atoms in total. The molecule has 0 aliphatic rings. The van der Waals surface area contributed by atoms with Crippen molar-refractivity contribution in [3.8, 4) is 0 Å². The molecule has 0 bridgehead atoms. The molecule has 0 saturated heterocycles. The lowest BCUT2D eigenvalue weighted by Gasteiger charge is -2.15. The summed E-state index contributed by atoms with van der Waals surface area (Å²) in [4.78, 5) is 15.7. The van der Waals surface area contributed by atoms with E-state index in [4.69, 9.17) is 9.26 Å². The number of nitrogens with zero attached hydrogens (tertiary/aromatic N) is 2. The standard InChI is InChI=1S/C12H21N3O3/c1-4-6-10(12(16)17-5-2)13-8-7-11-14-9(3)15-18-11/h10,13H,4-8H2,1-3H3. The Labute approximate surface area is 107 Å². The van der Waals surface area contributed by atoms with E-state index in [1.165, 1.54) is 0 Å². The summed E-state index contributed by atoms with van der Waals surface area (Å²) in [5.74, 6) is 1.01. The van der Waals surface area contributed by atoms with Crippen LogP contribution in [0, 0.1) is 6.92 Å². The Morgan fingerprint density at radius 2 is 2.28 bits per heavy atom. The van der Waals surface area contributed by atoms with Crippen molar-refractivity contribution < 1.29 is 14.1 Å². The van der Waals surface area contributed by atoms with Gasteiger partial charge in [-0.3, -0.25) is 4.79 Å². The predicted octanol–water partition coefficient (Wildman–Crippen LogP) is 1.24. The third-order valence-corrected chi connectivity index (χ3v) is 2.45. The maximum Gasteiger partial charge on any atom is 0.323 e. The highest BCUT2D eigenvalue weighted by Gasteiger charge is 2.18. The molecule has 0 spiro atoms. The molecule has 0 aliphatic heterocycles. The fourth-order valence-electron chi connectivity index (χ4n) is 1.63. The van der Waals surface area contributed by atoms with Gasteiger partial charge in [0.15, 0.2) is 5.82 Å². The molecule has 1 aromatic heterocycles. The number of carbonyl (C=O) groups excluding carboxylic acids is 1. The summed E-state index contributed by atoms with van der Waals surface area (Å²) in [7, 11) is 0. The van der Waals surface area contributed by atoms with Crippen LogP contribution >= 0.6 is 0 Å². The normalized spacial score (nSPS) is 12.4. The quantitative estimate of drug-likeness (QED) is 0.704. The first-order chi connectivity index (χ1) is 8.67. The van der Waals surface area contributed by atoms with Crippen LogP contribution in [0.3, 0.4) is 0 Å². The van der Waals surface area contributed by atoms with E-state index in [0.29, 0.717) is 31.3 Å². The van der Waals surface area contributed by atoms with E-state index >= 15 is 0 Å². The molecular weight excluding hydrogens is 234 g/mol. The number of aromatic nitrogens is 2. The molecule has 0 fully saturated rings. The van der Waals surface area contributed by atoms with Crippen molar-refractivity contribution >= 4 is 5.97 Å². The Balaban J connectivity index is 2.35. The van der Waals surface area contributed by atoms with Gasteiger partial charge in [0.25, 0.3) is 0 Å². The van der Waals surface area contributed by atoms with Gasteiger partial charge in [0.2, 0.25) is 5.89 Å². The van der Waals surface area contributed by atoms with E-state index in [2.05, 4.69) is 15.5 Å². The molecule has 1 rings (SSSR count). The number of aryl methyl sites for hydroxylation is 1. The van der Waals surface area contributed by atoms with Crippen LogP contribution in [0.1, 0.15) is 38.4 Å². The Kier molecular flexibility index (Phi) is 6.35. The Morgan fingerprint density at radius 1 is 1.50 bits per heavy atom. The molecule has 1 heterocycles. The molecule has 102 valence electrons. The van der Waals surface area contributed by atoms with Gasteiger partial charge < -0.3 is 14.6 Å². The number of carbonyl (C=O) groups is 1. The molecule has 0 amide bonds. The van der Waals surface area contributed by atoms with Crippen molar-refractivity contribution in [2.24, 2.45) is 0 Å². The number of hydrogen-bond donors (Lipinski definition) is 1. The summed E-state index contributed by atoms with van der Waals surface area (Å²) in [6.07, 6.45) is 2.30. The fraction of sp³-hybridized carbons (Fsp3) is 0.750. The maximum atomic E-state index is 11.6. The monoisotopic (exact) mass is 255 g/mol. The molecule has 1 aromatic rings. The first-order valence-corrected chi connectivity index (χ1v) is 6.36. The lowest BCUT2D eigenvalue weighted by Crippen LogP contribution is -2.39. The van der Waals surface area contributed by atoms with Gasteiger partial charge >= 0.3 is 5.97 Å². The molecule has 0 radical (unpaired) electrons. The maximum absolute atomic E-state index is 11.6. The highest BCUT2D eigenvalue weighted by molar-refractivity contribution is 5.75. The second-order valence-electron chi connectivity index (χ2n) is 4.03. The zero-order chi connectivity index (χ0) is 13.4.